The van der Waals surface area contributed by atoms with Crippen LogP contribution in [0.3, 0.4) is 0 Å². The number of nitrogens with zero attached hydrogens (tertiary/aromatic N) is 1. The smallest absolute Gasteiger partial charge is 0.307 e. The molecule has 0 amide bonds. The van der Waals surface area contributed by atoms with E-state index in [1.807, 2.05) is 39.9 Å². The van der Waals surface area contributed by atoms with Crippen LogP contribution in [0.5, 0.6) is 0 Å². The van der Waals surface area contributed by atoms with Gasteiger partial charge < -0.3 is 4.74 Å². The van der Waals surface area contributed by atoms with Crippen LogP contribution >= 0.6 is 0 Å². The molecule has 0 radical (unpaired) electrons. The highest BCUT2D eigenvalue weighted by molar-refractivity contribution is 5.70. The first kappa shape index (κ1) is 12.4. The molecular weight excluding hydrogens is 168 g/mol. The SMILES string of the molecule is CN(C)NCCC(=O)OC(C)(C)C. The van der Waals surface area contributed by atoms with Gasteiger partial charge in [0.15, 0.2) is 0 Å². The lowest BCUT2D eigenvalue weighted by Gasteiger charge is -2.20. The van der Waals surface area contributed by atoms with Crippen molar-refractivity contribution in [2.75, 3.05) is 20.6 Å². The van der Waals surface area contributed by atoms with Crippen LogP contribution in [-0.2, 0) is 9.53 Å². The zero-order valence-electron chi connectivity index (χ0n) is 9.18. The summed E-state index contributed by atoms with van der Waals surface area (Å²) in [5, 5.41) is 1.81. The van der Waals surface area contributed by atoms with Crippen LogP contribution < -0.4 is 5.43 Å². The van der Waals surface area contributed by atoms with E-state index in [0.29, 0.717) is 13.0 Å². The Labute approximate surface area is 80.2 Å². The van der Waals surface area contributed by atoms with E-state index in [-0.39, 0.29) is 11.6 Å². The summed E-state index contributed by atoms with van der Waals surface area (Å²) in [6.45, 7) is 6.21. The highest BCUT2D eigenvalue weighted by atomic mass is 16.6. The number of hydrogen-bond acceptors (Lipinski definition) is 4. The maximum Gasteiger partial charge on any atom is 0.307 e. The molecule has 0 aromatic heterocycles. The average Bonchev–Trinajstić information content (AvgIpc) is 1.81. The molecule has 0 bridgehead atoms. The molecule has 0 spiro atoms. The second-order valence-corrected chi connectivity index (χ2v) is 4.14. The minimum absolute atomic E-state index is 0.165. The van der Waals surface area contributed by atoms with Gasteiger partial charge in [-0.1, -0.05) is 0 Å². The summed E-state index contributed by atoms with van der Waals surface area (Å²) >= 11 is 0. The van der Waals surface area contributed by atoms with E-state index in [1.54, 1.807) is 0 Å². The molecule has 0 atom stereocenters. The monoisotopic (exact) mass is 188 g/mol. The van der Waals surface area contributed by atoms with Crippen molar-refractivity contribution in [3.8, 4) is 0 Å². The first-order valence-electron chi connectivity index (χ1n) is 4.44. The summed E-state index contributed by atoms with van der Waals surface area (Å²) in [5.41, 5.74) is 2.61. The molecule has 0 aliphatic rings. The fraction of sp³-hybridized carbons (Fsp3) is 0.889. The first-order valence-corrected chi connectivity index (χ1v) is 4.44. The molecule has 0 aliphatic carbocycles. The second-order valence-electron chi connectivity index (χ2n) is 4.14. The largest absolute Gasteiger partial charge is 0.460 e. The van der Waals surface area contributed by atoms with Gasteiger partial charge in [-0.3, -0.25) is 15.2 Å². The van der Waals surface area contributed by atoms with Crippen LogP contribution in [0, 0.1) is 0 Å². The van der Waals surface area contributed by atoms with E-state index >= 15 is 0 Å². The van der Waals surface area contributed by atoms with Gasteiger partial charge in [-0.2, -0.15) is 0 Å². The quantitative estimate of drug-likeness (QED) is 0.523. The Morgan fingerprint density at radius 3 is 2.31 bits per heavy atom. The van der Waals surface area contributed by atoms with E-state index in [2.05, 4.69) is 5.43 Å². The predicted molar refractivity (Wildman–Crippen MR) is 52.2 cm³/mol. The number of hydrogen-bond donors (Lipinski definition) is 1. The van der Waals surface area contributed by atoms with Crippen molar-refractivity contribution in [3.05, 3.63) is 0 Å². The molecule has 0 saturated carbocycles. The van der Waals surface area contributed by atoms with Crippen LogP contribution in [0.1, 0.15) is 27.2 Å². The van der Waals surface area contributed by atoms with Crippen molar-refractivity contribution in [2.45, 2.75) is 32.8 Å². The Morgan fingerprint density at radius 2 is 1.92 bits per heavy atom. The molecule has 0 rings (SSSR count). The molecule has 0 fully saturated rings. The predicted octanol–water partition coefficient (Wildman–Crippen LogP) is 0.784. The lowest BCUT2D eigenvalue weighted by Crippen LogP contribution is -2.33. The number of carbonyl (C=O) groups excluding carboxylic acids is 1. The van der Waals surface area contributed by atoms with Gasteiger partial charge in [0.05, 0.1) is 6.42 Å². The summed E-state index contributed by atoms with van der Waals surface area (Å²) in [5.74, 6) is -0.165. The van der Waals surface area contributed by atoms with E-state index in [4.69, 9.17) is 4.74 Å². The molecular formula is C9H20N2O2. The molecule has 78 valence electrons. The van der Waals surface area contributed by atoms with E-state index in [1.165, 1.54) is 0 Å². The number of ether oxygens (including phenoxy) is 1. The van der Waals surface area contributed by atoms with Gasteiger partial charge in [0.25, 0.3) is 0 Å². The first-order chi connectivity index (χ1) is 5.81. The van der Waals surface area contributed by atoms with Crippen LogP contribution in [-0.4, -0.2) is 37.2 Å². The van der Waals surface area contributed by atoms with Crippen LogP contribution in [0.4, 0.5) is 0 Å². The number of hydrazine groups is 1. The van der Waals surface area contributed by atoms with Gasteiger partial charge in [0.2, 0.25) is 0 Å². The Morgan fingerprint density at radius 1 is 1.38 bits per heavy atom. The molecule has 1 N–H and O–H groups in total. The van der Waals surface area contributed by atoms with E-state index in [0.717, 1.165) is 0 Å². The number of esters is 1. The summed E-state index contributed by atoms with van der Waals surface area (Å²) < 4.78 is 5.12. The van der Waals surface area contributed by atoms with Gasteiger partial charge in [-0.15, -0.1) is 0 Å². The Balaban J connectivity index is 3.53. The Kier molecular flexibility index (Phi) is 4.95. The van der Waals surface area contributed by atoms with Crippen molar-refractivity contribution in [1.29, 1.82) is 0 Å². The molecule has 0 aliphatic heterocycles. The van der Waals surface area contributed by atoms with Gasteiger partial charge >= 0.3 is 5.97 Å². The van der Waals surface area contributed by atoms with E-state index in [9.17, 15) is 4.79 Å². The molecule has 0 aromatic rings. The van der Waals surface area contributed by atoms with Crippen molar-refractivity contribution in [3.63, 3.8) is 0 Å². The molecule has 13 heavy (non-hydrogen) atoms. The molecule has 4 heteroatoms. The topological polar surface area (TPSA) is 41.6 Å². The molecule has 0 aromatic carbocycles. The minimum Gasteiger partial charge on any atom is -0.460 e. The minimum atomic E-state index is -0.380. The number of carbonyl (C=O) groups is 1. The zero-order chi connectivity index (χ0) is 10.5. The van der Waals surface area contributed by atoms with Gasteiger partial charge in [-0.25, -0.2) is 0 Å². The maximum absolute atomic E-state index is 11.2. The molecule has 4 nitrogen and oxygen atoms in total. The third-order valence-electron chi connectivity index (χ3n) is 1.18. The Bertz CT molecular complexity index is 161. The van der Waals surface area contributed by atoms with Gasteiger partial charge in [-0.05, 0) is 20.8 Å². The molecule has 0 heterocycles. The number of nitrogens with one attached hydrogen (secondary N) is 1. The normalized spacial score (nSPS) is 11.8. The third-order valence-corrected chi connectivity index (χ3v) is 1.18. The third kappa shape index (κ3) is 9.30. The maximum atomic E-state index is 11.2. The average molecular weight is 188 g/mol. The number of rotatable bonds is 4. The van der Waals surface area contributed by atoms with Crippen molar-refractivity contribution < 1.29 is 9.53 Å². The summed E-state index contributed by atoms with van der Waals surface area (Å²) in [6.07, 6.45) is 0.398. The van der Waals surface area contributed by atoms with Crippen molar-refractivity contribution in [1.82, 2.24) is 10.4 Å². The van der Waals surface area contributed by atoms with E-state index < -0.39 is 0 Å². The fourth-order valence-electron chi connectivity index (χ4n) is 0.774. The van der Waals surface area contributed by atoms with Crippen LogP contribution in [0.25, 0.3) is 0 Å². The lowest BCUT2D eigenvalue weighted by molar-refractivity contribution is -0.154. The Hall–Kier alpha value is -0.610. The van der Waals surface area contributed by atoms with Crippen LogP contribution in [0.2, 0.25) is 0 Å². The lowest BCUT2D eigenvalue weighted by atomic mass is 10.2. The van der Waals surface area contributed by atoms with Crippen LogP contribution in [0.15, 0.2) is 0 Å². The van der Waals surface area contributed by atoms with Gasteiger partial charge in [0.1, 0.15) is 5.60 Å². The highest BCUT2D eigenvalue weighted by Gasteiger charge is 2.15. The summed E-state index contributed by atoms with van der Waals surface area (Å²) in [4.78, 5) is 11.2. The van der Waals surface area contributed by atoms with Gasteiger partial charge in [0, 0.05) is 20.6 Å². The summed E-state index contributed by atoms with van der Waals surface area (Å²) in [6, 6.07) is 0. The molecule has 0 saturated heterocycles. The van der Waals surface area contributed by atoms with Crippen molar-refractivity contribution in [2.24, 2.45) is 0 Å². The fourth-order valence-corrected chi connectivity index (χ4v) is 0.774. The standard InChI is InChI=1S/C9H20N2O2/c1-9(2,3)13-8(12)6-7-10-11(4)5/h10H,6-7H2,1-5H3. The zero-order valence-corrected chi connectivity index (χ0v) is 9.18. The molecule has 0 unspecified atom stereocenters. The second kappa shape index (κ2) is 5.19. The summed E-state index contributed by atoms with van der Waals surface area (Å²) in [7, 11) is 3.77. The van der Waals surface area contributed by atoms with Crippen molar-refractivity contribution >= 4 is 5.97 Å². The highest BCUT2D eigenvalue weighted by Crippen LogP contribution is 2.07.